The molecule has 152 valence electrons. The number of thioether (sulfide) groups is 1. The van der Waals surface area contributed by atoms with Crippen LogP contribution >= 0.6 is 22.0 Å². The molecule has 0 fully saturated rings. The molecule has 0 N–H and O–H groups in total. The minimum absolute atomic E-state index is 0.199. The smallest absolute Gasteiger partial charge is 0.206 e. The lowest BCUT2D eigenvalue weighted by Gasteiger charge is -2.40. The van der Waals surface area contributed by atoms with Crippen LogP contribution in [0, 0.1) is 22.3 Å². The molecule has 10 heteroatoms. The number of hydrogen-bond donors (Lipinski definition) is 0. The molecule has 0 spiro atoms. The van der Waals surface area contributed by atoms with Crippen molar-refractivity contribution >= 4 is 22.0 Å². The van der Waals surface area contributed by atoms with Gasteiger partial charge >= 0.3 is 10.2 Å². The van der Waals surface area contributed by atoms with E-state index in [4.69, 9.17) is 5.26 Å². The van der Waals surface area contributed by atoms with Crippen molar-refractivity contribution in [3.63, 3.8) is 0 Å². The molecular formula is C19H10F7NS2. The molecule has 0 aromatic heterocycles. The highest BCUT2D eigenvalue weighted by atomic mass is 32.5. The third-order valence-electron chi connectivity index (χ3n) is 4.00. The first-order chi connectivity index (χ1) is 13.3. The third-order valence-corrected chi connectivity index (χ3v) is 5.85. The molecule has 1 nitrogen and oxygen atoms in total. The summed E-state index contributed by atoms with van der Waals surface area (Å²) in [6, 6.07) is 10.5. The molecule has 0 amide bonds. The van der Waals surface area contributed by atoms with Gasteiger partial charge in [0.25, 0.3) is 0 Å². The Balaban J connectivity index is 1.91. The highest BCUT2D eigenvalue weighted by Crippen LogP contribution is 3.02. The normalized spacial score (nSPS) is 14.0. The van der Waals surface area contributed by atoms with Gasteiger partial charge in [-0.25, -0.2) is 8.78 Å². The van der Waals surface area contributed by atoms with E-state index in [1.54, 1.807) is 5.40 Å². The van der Waals surface area contributed by atoms with Gasteiger partial charge in [-0.05, 0) is 58.3 Å². The number of hydrogen-bond acceptors (Lipinski definition) is 2. The summed E-state index contributed by atoms with van der Waals surface area (Å²) in [6.07, 6.45) is 0. The van der Waals surface area contributed by atoms with E-state index < -0.39 is 31.6 Å². The van der Waals surface area contributed by atoms with E-state index in [0.717, 1.165) is 24.3 Å². The van der Waals surface area contributed by atoms with Crippen LogP contribution in [0.25, 0.3) is 22.3 Å². The van der Waals surface area contributed by atoms with Crippen LogP contribution in [0.3, 0.4) is 0 Å². The summed E-state index contributed by atoms with van der Waals surface area (Å²) < 4.78 is 91.8. The van der Waals surface area contributed by atoms with Crippen molar-refractivity contribution in [1.82, 2.24) is 0 Å². The lowest BCUT2D eigenvalue weighted by molar-refractivity contribution is 0.364. The lowest BCUT2D eigenvalue weighted by Crippen LogP contribution is -2.05. The first-order valence-electron chi connectivity index (χ1n) is 7.78. The van der Waals surface area contributed by atoms with Gasteiger partial charge in [0.15, 0.2) is 0 Å². The number of nitriles is 1. The van der Waals surface area contributed by atoms with Crippen LogP contribution in [-0.4, -0.2) is 0 Å². The van der Waals surface area contributed by atoms with Gasteiger partial charge < -0.3 is 0 Å². The molecule has 0 heterocycles. The Kier molecular flexibility index (Phi) is 4.68. The van der Waals surface area contributed by atoms with Crippen LogP contribution in [0.15, 0.2) is 70.5 Å². The van der Waals surface area contributed by atoms with Crippen molar-refractivity contribution in [3.05, 3.63) is 72.3 Å². The quantitative estimate of drug-likeness (QED) is 0.226. The fourth-order valence-corrected chi connectivity index (χ4v) is 3.68. The summed E-state index contributed by atoms with van der Waals surface area (Å²) in [4.78, 5) is -2.40. The van der Waals surface area contributed by atoms with Crippen LogP contribution in [-0.2, 0) is 0 Å². The summed E-state index contributed by atoms with van der Waals surface area (Å²) in [6.45, 7) is 0. The van der Waals surface area contributed by atoms with E-state index in [-0.39, 0.29) is 11.1 Å². The molecule has 3 rings (SSSR count). The topological polar surface area (TPSA) is 23.8 Å². The van der Waals surface area contributed by atoms with E-state index in [1.165, 1.54) is 24.3 Å². The molecule has 0 aliphatic carbocycles. The monoisotopic (exact) mass is 449 g/mol. The molecule has 0 aliphatic heterocycles. The van der Waals surface area contributed by atoms with Gasteiger partial charge in [-0.2, -0.15) is 5.26 Å². The van der Waals surface area contributed by atoms with Gasteiger partial charge in [0.2, 0.25) is 0 Å². The Labute approximate surface area is 165 Å². The van der Waals surface area contributed by atoms with Gasteiger partial charge in [-0.3, -0.25) is 0 Å². The SMILES string of the molecule is N#CSc1c(F)cc(-c2ccc(-c3ccc(S(F)(F)(F)(F)F)cc3)cc2)cc1F. The molecule has 3 aromatic rings. The summed E-state index contributed by atoms with van der Waals surface area (Å²) in [7, 11) is -9.73. The second-order valence-electron chi connectivity index (χ2n) is 6.03. The van der Waals surface area contributed by atoms with Crippen molar-refractivity contribution in [3.8, 4) is 27.7 Å². The maximum Gasteiger partial charge on any atom is 0.310 e. The molecule has 0 saturated heterocycles. The van der Waals surface area contributed by atoms with Crippen LogP contribution < -0.4 is 0 Å². The molecule has 0 unspecified atom stereocenters. The average Bonchev–Trinajstić information content (AvgIpc) is 2.63. The Morgan fingerprint density at radius 3 is 1.41 bits per heavy atom. The zero-order valence-corrected chi connectivity index (χ0v) is 15.8. The van der Waals surface area contributed by atoms with E-state index in [2.05, 4.69) is 0 Å². The summed E-state index contributed by atoms with van der Waals surface area (Å²) in [5.41, 5.74) is 1.31. The van der Waals surface area contributed by atoms with E-state index in [9.17, 15) is 28.2 Å². The molecule has 0 saturated carbocycles. The second-order valence-corrected chi connectivity index (χ2v) is 9.24. The fraction of sp³-hybridized carbons (Fsp3) is 0. The Bertz CT molecular complexity index is 1090. The van der Waals surface area contributed by atoms with Crippen LogP contribution in [0.4, 0.5) is 28.2 Å². The molecule has 0 atom stereocenters. The fourth-order valence-electron chi connectivity index (χ4n) is 2.63. The highest BCUT2D eigenvalue weighted by Gasteiger charge is 2.65. The standard InChI is InChI=1S/C19H10F7NS2/c20-17-9-15(10-18(21)19(17)28-11-27)14-3-1-12(2-4-14)13-5-7-16(8-6-13)29(22,23,24,25)26/h1-10H. The maximum atomic E-state index is 14.0. The minimum Gasteiger partial charge on any atom is -0.206 e. The Morgan fingerprint density at radius 2 is 1.03 bits per heavy atom. The zero-order valence-electron chi connectivity index (χ0n) is 14.2. The number of halogens is 7. The van der Waals surface area contributed by atoms with Crippen LogP contribution in [0.2, 0.25) is 0 Å². The van der Waals surface area contributed by atoms with E-state index >= 15 is 0 Å². The molecule has 0 aliphatic rings. The van der Waals surface area contributed by atoms with E-state index in [1.807, 2.05) is 0 Å². The number of rotatable bonds is 4. The predicted octanol–water partition coefficient (Wildman–Crippen LogP) is 8.53. The average molecular weight is 449 g/mol. The van der Waals surface area contributed by atoms with E-state index in [0.29, 0.717) is 35.0 Å². The van der Waals surface area contributed by atoms with Gasteiger partial charge in [-0.15, -0.1) is 0 Å². The Morgan fingerprint density at radius 1 is 0.655 bits per heavy atom. The number of nitrogens with zero attached hydrogens (tertiary/aromatic N) is 1. The van der Waals surface area contributed by atoms with Crippen molar-refractivity contribution in [2.45, 2.75) is 9.79 Å². The van der Waals surface area contributed by atoms with Crippen molar-refractivity contribution < 1.29 is 28.2 Å². The van der Waals surface area contributed by atoms with Crippen molar-refractivity contribution in [2.24, 2.45) is 0 Å². The lowest BCUT2D eigenvalue weighted by atomic mass is 10.0. The van der Waals surface area contributed by atoms with Gasteiger partial charge in [0.1, 0.15) is 21.9 Å². The number of benzene rings is 3. The number of thiocyanates is 1. The molecule has 3 aromatic carbocycles. The minimum atomic E-state index is -9.73. The third kappa shape index (κ3) is 4.68. The Hall–Kier alpha value is -2.64. The second kappa shape index (κ2) is 6.43. The van der Waals surface area contributed by atoms with Gasteiger partial charge in [0, 0.05) is 0 Å². The maximum absolute atomic E-state index is 14.0. The highest BCUT2D eigenvalue weighted by molar-refractivity contribution is 8.45. The van der Waals surface area contributed by atoms with Crippen LogP contribution in [0.5, 0.6) is 0 Å². The first kappa shape index (κ1) is 21.1. The summed E-state index contributed by atoms with van der Waals surface area (Å²) in [5, 5.41) is 10.2. The van der Waals surface area contributed by atoms with Crippen LogP contribution in [0.1, 0.15) is 0 Å². The summed E-state index contributed by atoms with van der Waals surface area (Å²) in [5.74, 6) is -1.80. The van der Waals surface area contributed by atoms with Crippen molar-refractivity contribution in [1.29, 1.82) is 5.26 Å². The molecule has 29 heavy (non-hydrogen) atoms. The van der Waals surface area contributed by atoms with Crippen molar-refractivity contribution in [2.75, 3.05) is 0 Å². The molecular weight excluding hydrogens is 439 g/mol. The summed E-state index contributed by atoms with van der Waals surface area (Å²) >= 11 is 0.359. The van der Waals surface area contributed by atoms with Gasteiger partial charge in [-0.1, -0.05) is 55.8 Å². The predicted molar refractivity (Wildman–Crippen MR) is 100 cm³/mol. The molecule has 0 radical (unpaired) electrons. The molecule has 0 bridgehead atoms. The zero-order chi connectivity index (χ0) is 21.5. The largest absolute Gasteiger partial charge is 0.310 e. The first-order valence-corrected chi connectivity index (χ1v) is 10.6. The van der Waals surface area contributed by atoms with Gasteiger partial charge in [0.05, 0.1) is 4.90 Å².